The summed E-state index contributed by atoms with van der Waals surface area (Å²) in [5.41, 5.74) is 8.51. The molecular weight excluding hydrogens is 258 g/mol. The van der Waals surface area contributed by atoms with Gasteiger partial charge in [-0.15, -0.1) is 11.3 Å². The number of nitrogens with zero attached hydrogens (tertiary/aromatic N) is 2. The lowest BCUT2D eigenvalue weighted by Gasteiger charge is -2.07. The highest BCUT2D eigenvalue weighted by Gasteiger charge is 2.05. The van der Waals surface area contributed by atoms with E-state index in [1.807, 2.05) is 35.7 Å². The van der Waals surface area contributed by atoms with Gasteiger partial charge in [0.15, 0.2) is 0 Å². The van der Waals surface area contributed by atoms with Crippen molar-refractivity contribution < 1.29 is 0 Å². The van der Waals surface area contributed by atoms with Crippen molar-refractivity contribution in [1.82, 2.24) is 9.55 Å². The van der Waals surface area contributed by atoms with Gasteiger partial charge in [0.25, 0.3) is 5.56 Å². The SMILES string of the molecule is Nc1ccccc1CCn1cnc2ccsc2c1=O. The highest BCUT2D eigenvalue weighted by Crippen LogP contribution is 2.14. The molecule has 0 aliphatic rings. The van der Waals surface area contributed by atoms with Crippen LogP contribution in [0, 0.1) is 0 Å². The highest BCUT2D eigenvalue weighted by molar-refractivity contribution is 7.17. The second-order valence-electron chi connectivity index (χ2n) is 4.33. The van der Waals surface area contributed by atoms with E-state index in [1.165, 1.54) is 11.3 Å². The molecule has 19 heavy (non-hydrogen) atoms. The molecule has 0 aliphatic heterocycles. The van der Waals surface area contributed by atoms with Gasteiger partial charge < -0.3 is 5.73 Å². The molecule has 0 unspecified atom stereocenters. The maximum absolute atomic E-state index is 12.2. The average molecular weight is 271 g/mol. The Hall–Kier alpha value is -2.14. The first-order chi connectivity index (χ1) is 9.25. The number of benzene rings is 1. The number of nitrogen functional groups attached to an aromatic ring is 1. The van der Waals surface area contributed by atoms with Gasteiger partial charge in [-0.05, 0) is 29.5 Å². The molecule has 3 aromatic rings. The lowest BCUT2D eigenvalue weighted by molar-refractivity contribution is 0.664. The second kappa shape index (κ2) is 4.85. The number of aromatic nitrogens is 2. The standard InChI is InChI=1S/C14H13N3OS/c15-11-4-2-1-3-10(11)5-7-17-9-16-12-6-8-19-13(12)14(17)18/h1-4,6,8-9H,5,7,15H2. The largest absolute Gasteiger partial charge is 0.399 e. The van der Waals surface area contributed by atoms with Crippen molar-refractivity contribution in [1.29, 1.82) is 0 Å². The molecule has 2 aromatic heterocycles. The van der Waals surface area contributed by atoms with Crippen LogP contribution in [0.5, 0.6) is 0 Å². The Bertz CT molecular complexity index is 775. The van der Waals surface area contributed by atoms with Crippen molar-refractivity contribution in [3.8, 4) is 0 Å². The van der Waals surface area contributed by atoms with Gasteiger partial charge in [-0.3, -0.25) is 9.36 Å². The Labute approximate surface area is 114 Å². The maximum atomic E-state index is 12.2. The zero-order valence-electron chi connectivity index (χ0n) is 10.2. The number of anilines is 1. The van der Waals surface area contributed by atoms with E-state index in [0.29, 0.717) is 11.2 Å². The highest BCUT2D eigenvalue weighted by atomic mass is 32.1. The topological polar surface area (TPSA) is 60.9 Å². The molecule has 96 valence electrons. The molecule has 0 fully saturated rings. The Morgan fingerprint density at radius 3 is 2.95 bits per heavy atom. The van der Waals surface area contributed by atoms with Crippen LogP contribution in [0.4, 0.5) is 5.69 Å². The van der Waals surface area contributed by atoms with Crippen LogP contribution in [0.1, 0.15) is 5.56 Å². The summed E-state index contributed by atoms with van der Waals surface area (Å²) in [6, 6.07) is 9.58. The molecule has 2 heterocycles. The second-order valence-corrected chi connectivity index (χ2v) is 5.24. The molecule has 0 spiro atoms. The van der Waals surface area contributed by atoms with E-state index in [0.717, 1.165) is 23.2 Å². The van der Waals surface area contributed by atoms with Crippen molar-refractivity contribution in [3.63, 3.8) is 0 Å². The first-order valence-electron chi connectivity index (χ1n) is 6.02. The van der Waals surface area contributed by atoms with E-state index in [9.17, 15) is 4.79 Å². The molecular formula is C14H13N3OS. The molecule has 3 rings (SSSR count). The van der Waals surface area contributed by atoms with E-state index in [4.69, 9.17) is 5.73 Å². The van der Waals surface area contributed by atoms with E-state index in [1.54, 1.807) is 10.9 Å². The number of para-hydroxylation sites is 1. The predicted octanol–water partition coefficient (Wildman–Crippen LogP) is 2.28. The number of nitrogens with two attached hydrogens (primary N) is 1. The van der Waals surface area contributed by atoms with E-state index >= 15 is 0 Å². The lowest BCUT2D eigenvalue weighted by Crippen LogP contribution is -2.20. The third-order valence-corrected chi connectivity index (χ3v) is 4.00. The summed E-state index contributed by atoms with van der Waals surface area (Å²) in [4.78, 5) is 16.5. The van der Waals surface area contributed by atoms with Gasteiger partial charge in [0.2, 0.25) is 0 Å². The number of fused-ring (bicyclic) bond motifs is 1. The Kier molecular flexibility index (Phi) is 3.05. The zero-order valence-corrected chi connectivity index (χ0v) is 11.1. The molecule has 2 N–H and O–H groups in total. The van der Waals surface area contributed by atoms with Crippen LogP contribution < -0.4 is 11.3 Å². The summed E-state index contributed by atoms with van der Waals surface area (Å²) in [7, 11) is 0. The number of thiophene rings is 1. The van der Waals surface area contributed by atoms with Crippen LogP contribution in [-0.2, 0) is 13.0 Å². The normalized spacial score (nSPS) is 10.9. The van der Waals surface area contributed by atoms with Crippen molar-refractivity contribution in [2.45, 2.75) is 13.0 Å². The van der Waals surface area contributed by atoms with Crippen LogP contribution in [0.2, 0.25) is 0 Å². The van der Waals surface area contributed by atoms with Crippen LogP contribution in [-0.4, -0.2) is 9.55 Å². The molecule has 1 aromatic carbocycles. The smallest absolute Gasteiger partial charge is 0.271 e. The number of hydrogen-bond acceptors (Lipinski definition) is 4. The van der Waals surface area contributed by atoms with Gasteiger partial charge >= 0.3 is 0 Å². The van der Waals surface area contributed by atoms with Gasteiger partial charge in [-0.25, -0.2) is 4.98 Å². The predicted molar refractivity (Wildman–Crippen MR) is 78.4 cm³/mol. The zero-order chi connectivity index (χ0) is 13.2. The van der Waals surface area contributed by atoms with Gasteiger partial charge in [-0.2, -0.15) is 0 Å². The van der Waals surface area contributed by atoms with Crippen molar-refractivity contribution >= 4 is 27.2 Å². The number of aryl methyl sites for hydroxylation is 2. The molecule has 0 radical (unpaired) electrons. The van der Waals surface area contributed by atoms with Crippen LogP contribution >= 0.6 is 11.3 Å². The minimum Gasteiger partial charge on any atom is -0.399 e. The molecule has 0 saturated heterocycles. The van der Waals surface area contributed by atoms with Gasteiger partial charge in [0, 0.05) is 12.2 Å². The van der Waals surface area contributed by atoms with Gasteiger partial charge in [0.05, 0.1) is 11.8 Å². The first kappa shape index (κ1) is 11.9. The van der Waals surface area contributed by atoms with Crippen LogP contribution in [0.3, 0.4) is 0 Å². The minimum atomic E-state index is 0.0227. The molecule has 0 aliphatic carbocycles. The van der Waals surface area contributed by atoms with Gasteiger partial charge in [0.1, 0.15) is 4.70 Å². The maximum Gasteiger partial charge on any atom is 0.271 e. The van der Waals surface area contributed by atoms with Crippen LogP contribution in [0.15, 0.2) is 46.8 Å². The summed E-state index contributed by atoms with van der Waals surface area (Å²) < 4.78 is 2.36. The Morgan fingerprint density at radius 1 is 1.26 bits per heavy atom. The number of rotatable bonds is 3. The van der Waals surface area contributed by atoms with E-state index < -0.39 is 0 Å². The molecule has 5 heteroatoms. The molecule has 0 bridgehead atoms. The third-order valence-electron chi connectivity index (χ3n) is 3.11. The number of hydrogen-bond donors (Lipinski definition) is 1. The van der Waals surface area contributed by atoms with Crippen molar-refractivity contribution in [3.05, 3.63) is 58.0 Å². The van der Waals surface area contributed by atoms with E-state index in [2.05, 4.69) is 4.98 Å². The summed E-state index contributed by atoms with van der Waals surface area (Å²) in [5.74, 6) is 0. The summed E-state index contributed by atoms with van der Waals surface area (Å²) >= 11 is 1.43. The summed E-state index contributed by atoms with van der Waals surface area (Å²) in [6.07, 6.45) is 2.33. The quantitative estimate of drug-likeness (QED) is 0.743. The summed E-state index contributed by atoms with van der Waals surface area (Å²) in [5, 5.41) is 1.89. The fourth-order valence-corrected chi connectivity index (χ4v) is 2.83. The Morgan fingerprint density at radius 2 is 2.11 bits per heavy atom. The lowest BCUT2D eigenvalue weighted by atomic mass is 10.1. The monoisotopic (exact) mass is 271 g/mol. The average Bonchev–Trinajstić information content (AvgIpc) is 2.89. The summed E-state index contributed by atoms with van der Waals surface area (Å²) in [6.45, 7) is 0.591. The van der Waals surface area contributed by atoms with Gasteiger partial charge in [-0.1, -0.05) is 18.2 Å². The Balaban J connectivity index is 1.88. The fourth-order valence-electron chi connectivity index (χ4n) is 2.04. The molecule has 4 nitrogen and oxygen atoms in total. The van der Waals surface area contributed by atoms with E-state index in [-0.39, 0.29) is 5.56 Å². The first-order valence-corrected chi connectivity index (χ1v) is 6.90. The third kappa shape index (κ3) is 2.24. The molecule has 0 saturated carbocycles. The molecule has 0 amide bonds. The minimum absolute atomic E-state index is 0.0227. The van der Waals surface area contributed by atoms with Crippen molar-refractivity contribution in [2.75, 3.05) is 5.73 Å². The molecule has 0 atom stereocenters. The fraction of sp³-hybridized carbons (Fsp3) is 0.143. The van der Waals surface area contributed by atoms with Crippen LogP contribution in [0.25, 0.3) is 10.2 Å². The van der Waals surface area contributed by atoms with Crippen molar-refractivity contribution in [2.24, 2.45) is 0 Å².